The second-order valence-corrected chi connectivity index (χ2v) is 7.08. The number of hydrogen-bond donors (Lipinski definition) is 3. The minimum absolute atomic E-state index is 0.0991. The Morgan fingerprint density at radius 3 is 2.34 bits per heavy atom. The van der Waals surface area contributed by atoms with Crippen LogP contribution in [-0.2, 0) is 22.7 Å². The van der Waals surface area contributed by atoms with Crippen LogP contribution in [-0.4, -0.2) is 34.6 Å². The lowest BCUT2D eigenvalue weighted by atomic mass is 10.0. The van der Waals surface area contributed by atoms with Gasteiger partial charge in [0, 0.05) is 25.2 Å². The monoisotopic (exact) mass is 392 g/mol. The molecule has 4 rings (SSSR count). The molecule has 0 saturated carbocycles. The summed E-state index contributed by atoms with van der Waals surface area (Å²) in [5, 5.41) is 5.45. The molecule has 1 fully saturated rings. The van der Waals surface area contributed by atoms with Crippen LogP contribution >= 0.6 is 0 Å². The van der Waals surface area contributed by atoms with Crippen molar-refractivity contribution in [2.24, 2.45) is 5.73 Å². The van der Waals surface area contributed by atoms with Crippen molar-refractivity contribution in [3.05, 3.63) is 64.7 Å². The molecule has 0 aliphatic carbocycles. The summed E-state index contributed by atoms with van der Waals surface area (Å²) in [5.74, 6) is -2.01. The standard InChI is InChI=1S/C21H20N4O4/c22-10-12-1-4-14(5-2-12)23-11-13-3-6-15-16(9-13)21(29)25(20(15)28)17-7-8-18(26)24-19(17)27/h1-6,9,17,23H,7-8,10-11,22H2,(H,24,26,27). The van der Waals surface area contributed by atoms with Crippen molar-refractivity contribution in [2.75, 3.05) is 5.32 Å². The summed E-state index contributed by atoms with van der Waals surface area (Å²) in [6, 6.07) is 11.8. The molecule has 4 N–H and O–H groups in total. The van der Waals surface area contributed by atoms with Gasteiger partial charge in [-0.05, 0) is 41.8 Å². The minimum Gasteiger partial charge on any atom is -0.381 e. The SMILES string of the molecule is NCc1ccc(NCc2ccc3c(c2)C(=O)N(C2CCC(=O)NC2=O)C3=O)cc1. The van der Waals surface area contributed by atoms with Gasteiger partial charge in [0.2, 0.25) is 11.8 Å². The number of imide groups is 2. The first-order chi connectivity index (χ1) is 14.0. The first-order valence-electron chi connectivity index (χ1n) is 9.35. The number of anilines is 1. The summed E-state index contributed by atoms with van der Waals surface area (Å²) in [4.78, 5) is 50.0. The zero-order valence-corrected chi connectivity index (χ0v) is 15.6. The molecule has 148 valence electrons. The number of carbonyl (C=O) groups excluding carboxylic acids is 4. The van der Waals surface area contributed by atoms with Gasteiger partial charge in [0.05, 0.1) is 11.1 Å². The molecule has 8 nitrogen and oxygen atoms in total. The van der Waals surface area contributed by atoms with E-state index in [0.717, 1.165) is 21.7 Å². The number of nitrogens with zero attached hydrogens (tertiary/aromatic N) is 1. The summed E-state index contributed by atoms with van der Waals surface area (Å²) < 4.78 is 0. The van der Waals surface area contributed by atoms with Crippen molar-refractivity contribution in [1.29, 1.82) is 0 Å². The Morgan fingerprint density at radius 1 is 0.966 bits per heavy atom. The Bertz CT molecular complexity index is 1020. The predicted molar refractivity (Wildman–Crippen MR) is 105 cm³/mol. The van der Waals surface area contributed by atoms with Crippen molar-refractivity contribution in [3.63, 3.8) is 0 Å². The fourth-order valence-electron chi connectivity index (χ4n) is 3.59. The molecule has 2 aromatic carbocycles. The van der Waals surface area contributed by atoms with E-state index in [1.165, 1.54) is 0 Å². The van der Waals surface area contributed by atoms with Gasteiger partial charge in [-0.25, -0.2) is 0 Å². The number of amides is 4. The maximum absolute atomic E-state index is 12.8. The van der Waals surface area contributed by atoms with Crippen LogP contribution in [0.1, 0.15) is 44.7 Å². The number of fused-ring (bicyclic) bond motifs is 1. The van der Waals surface area contributed by atoms with Crippen LogP contribution in [0.25, 0.3) is 0 Å². The van der Waals surface area contributed by atoms with E-state index in [0.29, 0.717) is 13.1 Å². The molecule has 0 aromatic heterocycles. The highest BCUT2D eigenvalue weighted by atomic mass is 16.2. The molecule has 1 atom stereocenters. The number of piperidine rings is 1. The van der Waals surface area contributed by atoms with Gasteiger partial charge >= 0.3 is 0 Å². The molecular formula is C21H20N4O4. The number of rotatable bonds is 5. The van der Waals surface area contributed by atoms with Gasteiger partial charge in [-0.15, -0.1) is 0 Å². The van der Waals surface area contributed by atoms with E-state index in [-0.39, 0.29) is 24.0 Å². The van der Waals surface area contributed by atoms with Gasteiger partial charge < -0.3 is 11.1 Å². The lowest BCUT2D eigenvalue weighted by Crippen LogP contribution is -2.54. The summed E-state index contributed by atoms with van der Waals surface area (Å²) in [6.07, 6.45) is 0.241. The van der Waals surface area contributed by atoms with E-state index in [2.05, 4.69) is 10.6 Å². The van der Waals surface area contributed by atoms with Gasteiger partial charge in [-0.2, -0.15) is 0 Å². The van der Waals surface area contributed by atoms with E-state index < -0.39 is 29.7 Å². The van der Waals surface area contributed by atoms with E-state index >= 15 is 0 Å². The topological polar surface area (TPSA) is 122 Å². The van der Waals surface area contributed by atoms with Crippen LogP contribution in [0.15, 0.2) is 42.5 Å². The Kier molecular flexibility index (Phi) is 4.85. The van der Waals surface area contributed by atoms with Crippen LogP contribution in [0.4, 0.5) is 5.69 Å². The third kappa shape index (κ3) is 3.50. The molecule has 4 amide bonds. The van der Waals surface area contributed by atoms with E-state index in [4.69, 9.17) is 5.73 Å². The third-order valence-corrected chi connectivity index (χ3v) is 5.19. The number of nitrogens with two attached hydrogens (primary N) is 1. The predicted octanol–water partition coefficient (Wildman–Crippen LogP) is 1.16. The fourth-order valence-corrected chi connectivity index (χ4v) is 3.59. The Balaban J connectivity index is 1.50. The van der Waals surface area contributed by atoms with Crippen molar-refractivity contribution in [2.45, 2.75) is 32.0 Å². The highest BCUT2D eigenvalue weighted by molar-refractivity contribution is 6.23. The smallest absolute Gasteiger partial charge is 0.262 e. The molecule has 29 heavy (non-hydrogen) atoms. The molecule has 2 aliphatic heterocycles. The highest BCUT2D eigenvalue weighted by Crippen LogP contribution is 2.28. The van der Waals surface area contributed by atoms with Crippen molar-refractivity contribution in [1.82, 2.24) is 10.2 Å². The Morgan fingerprint density at radius 2 is 1.66 bits per heavy atom. The van der Waals surface area contributed by atoms with E-state index in [1.807, 2.05) is 24.3 Å². The van der Waals surface area contributed by atoms with E-state index in [9.17, 15) is 19.2 Å². The molecule has 1 unspecified atom stereocenters. The second kappa shape index (κ2) is 7.48. The second-order valence-electron chi connectivity index (χ2n) is 7.08. The minimum atomic E-state index is -0.956. The average molecular weight is 392 g/mol. The van der Waals surface area contributed by atoms with Gasteiger partial charge in [0.1, 0.15) is 6.04 Å². The first-order valence-corrected chi connectivity index (χ1v) is 9.35. The highest BCUT2D eigenvalue weighted by Gasteiger charge is 2.44. The molecule has 2 aromatic rings. The van der Waals surface area contributed by atoms with E-state index in [1.54, 1.807) is 18.2 Å². The number of carbonyl (C=O) groups is 4. The summed E-state index contributed by atoms with van der Waals surface area (Å²) >= 11 is 0. The molecule has 0 radical (unpaired) electrons. The molecular weight excluding hydrogens is 372 g/mol. The van der Waals surface area contributed by atoms with Gasteiger partial charge in [-0.1, -0.05) is 18.2 Å². The zero-order chi connectivity index (χ0) is 20.5. The third-order valence-electron chi connectivity index (χ3n) is 5.19. The Hall–Kier alpha value is -3.52. The maximum atomic E-state index is 12.8. The average Bonchev–Trinajstić information content (AvgIpc) is 2.97. The van der Waals surface area contributed by atoms with Crippen molar-refractivity contribution < 1.29 is 19.2 Å². The first kappa shape index (κ1) is 18.8. The zero-order valence-electron chi connectivity index (χ0n) is 15.6. The molecule has 8 heteroatoms. The number of nitrogens with one attached hydrogen (secondary N) is 2. The summed E-state index contributed by atoms with van der Waals surface area (Å²) in [5.41, 5.74) is 8.92. The van der Waals surface area contributed by atoms with Gasteiger partial charge in [-0.3, -0.25) is 29.4 Å². The Labute approximate surface area is 167 Å². The molecule has 0 spiro atoms. The largest absolute Gasteiger partial charge is 0.381 e. The fraction of sp³-hybridized carbons (Fsp3) is 0.238. The summed E-state index contributed by atoms with van der Waals surface area (Å²) in [7, 11) is 0. The normalized spacial score (nSPS) is 18.7. The molecule has 2 aliphatic rings. The van der Waals surface area contributed by atoms with Crippen LogP contribution in [0.2, 0.25) is 0 Å². The van der Waals surface area contributed by atoms with Crippen molar-refractivity contribution >= 4 is 29.3 Å². The molecule has 1 saturated heterocycles. The van der Waals surface area contributed by atoms with Crippen LogP contribution in [0, 0.1) is 0 Å². The quantitative estimate of drug-likeness (QED) is 0.657. The molecule has 2 heterocycles. The summed E-state index contributed by atoms with van der Waals surface area (Å²) in [6.45, 7) is 0.945. The van der Waals surface area contributed by atoms with Crippen LogP contribution in [0.5, 0.6) is 0 Å². The maximum Gasteiger partial charge on any atom is 0.262 e. The molecule has 0 bridgehead atoms. The van der Waals surface area contributed by atoms with Crippen LogP contribution in [0.3, 0.4) is 0 Å². The number of benzene rings is 2. The van der Waals surface area contributed by atoms with Gasteiger partial charge in [0.25, 0.3) is 11.8 Å². The van der Waals surface area contributed by atoms with Crippen molar-refractivity contribution in [3.8, 4) is 0 Å². The van der Waals surface area contributed by atoms with Crippen LogP contribution < -0.4 is 16.4 Å². The number of hydrogen-bond acceptors (Lipinski definition) is 6. The lowest BCUT2D eigenvalue weighted by molar-refractivity contribution is -0.136. The van der Waals surface area contributed by atoms with Gasteiger partial charge in [0.15, 0.2) is 0 Å². The lowest BCUT2D eigenvalue weighted by Gasteiger charge is -2.27.